The van der Waals surface area contributed by atoms with Crippen LogP contribution in [0.2, 0.25) is 0 Å². The average molecular weight is 323 g/mol. The van der Waals surface area contributed by atoms with Gasteiger partial charge in [-0.05, 0) is 23.8 Å². The molecule has 24 heavy (non-hydrogen) atoms. The number of benzene rings is 1. The number of hydrogen-bond acceptors (Lipinski definition) is 5. The molecular weight excluding hydrogens is 302 g/mol. The molecule has 2 aromatic heterocycles. The zero-order valence-electron chi connectivity index (χ0n) is 13.7. The summed E-state index contributed by atoms with van der Waals surface area (Å²) in [6, 6.07) is 10.1. The zero-order valence-corrected chi connectivity index (χ0v) is 13.7. The molecule has 2 N–H and O–H groups in total. The molecule has 1 atom stereocenters. The molecule has 6 heteroatoms. The summed E-state index contributed by atoms with van der Waals surface area (Å²) in [5, 5.41) is 11.2. The van der Waals surface area contributed by atoms with Gasteiger partial charge in [0.15, 0.2) is 5.65 Å². The highest BCUT2D eigenvalue weighted by atomic mass is 16.5. The highest BCUT2D eigenvalue weighted by molar-refractivity contribution is 5.78. The van der Waals surface area contributed by atoms with E-state index in [1.54, 1.807) is 4.52 Å². The number of nitrogens with one attached hydrogen (secondary N) is 2. The van der Waals surface area contributed by atoms with Gasteiger partial charge in [0.1, 0.15) is 11.6 Å². The second kappa shape index (κ2) is 6.49. The van der Waals surface area contributed by atoms with Crippen molar-refractivity contribution in [3.63, 3.8) is 0 Å². The Morgan fingerprint density at radius 2 is 2.21 bits per heavy atom. The van der Waals surface area contributed by atoms with Crippen LogP contribution < -0.4 is 15.4 Å². The zero-order chi connectivity index (χ0) is 16.4. The Morgan fingerprint density at radius 3 is 3.17 bits per heavy atom. The standard InChI is InChI=1S/C18H21N5O/c1-13-10-19-6-7-20-17-5-8-23-18(22-17)16(11-21-23)14-3-2-4-15(9-14)24-12-13/h2-5,8-9,11,13,19H,6-7,10,12H2,1H3,(H,20,22). The summed E-state index contributed by atoms with van der Waals surface area (Å²) < 4.78 is 7.76. The maximum Gasteiger partial charge on any atom is 0.165 e. The number of hydrogen-bond donors (Lipinski definition) is 2. The van der Waals surface area contributed by atoms with Gasteiger partial charge in [0.05, 0.1) is 12.8 Å². The molecular formula is C18H21N5O. The van der Waals surface area contributed by atoms with Gasteiger partial charge >= 0.3 is 0 Å². The van der Waals surface area contributed by atoms with Crippen LogP contribution in [0.4, 0.5) is 5.82 Å². The third-order valence-corrected chi connectivity index (χ3v) is 4.15. The summed E-state index contributed by atoms with van der Waals surface area (Å²) >= 11 is 0. The highest BCUT2D eigenvalue weighted by Gasteiger charge is 2.11. The maximum atomic E-state index is 5.96. The first kappa shape index (κ1) is 15.0. The fraction of sp³-hybridized carbons (Fsp3) is 0.333. The Kier molecular flexibility index (Phi) is 4.04. The number of fused-ring (bicyclic) bond motifs is 4. The van der Waals surface area contributed by atoms with E-state index < -0.39 is 0 Å². The van der Waals surface area contributed by atoms with Gasteiger partial charge in [-0.1, -0.05) is 19.1 Å². The molecule has 1 aliphatic rings. The first-order valence-electron chi connectivity index (χ1n) is 8.32. The molecule has 1 unspecified atom stereocenters. The van der Waals surface area contributed by atoms with E-state index in [0.29, 0.717) is 12.5 Å². The second-order valence-electron chi connectivity index (χ2n) is 6.21. The van der Waals surface area contributed by atoms with Crippen LogP contribution in [0.1, 0.15) is 6.92 Å². The van der Waals surface area contributed by atoms with E-state index in [9.17, 15) is 0 Å². The third-order valence-electron chi connectivity index (χ3n) is 4.15. The van der Waals surface area contributed by atoms with E-state index in [1.165, 1.54) is 0 Å². The van der Waals surface area contributed by atoms with Crippen molar-refractivity contribution in [2.75, 3.05) is 31.6 Å². The number of aromatic nitrogens is 3. The fourth-order valence-corrected chi connectivity index (χ4v) is 2.85. The molecule has 4 bridgehead atoms. The predicted octanol–water partition coefficient (Wildman–Crippen LogP) is 2.43. The normalized spacial score (nSPS) is 18.5. The van der Waals surface area contributed by atoms with Gasteiger partial charge in [0.25, 0.3) is 0 Å². The molecule has 0 aliphatic carbocycles. The summed E-state index contributed by atoms with van der Waals surface area (Å²) in [7, 11) is 0. The lowest BCUT2D eigenvalue weighted by atomic mass is 10.1. The SMILES string of the molecule is CC1CNCCNc2ccn3ncc(c3n2)-c2cccc(c2)OC1. The van der Waals surface area contributed by atoms with Gasteiger partial charge in [-0.25, -0.2) is 9.50 Å². The van der Waals surface area contributed by atoms with E-state index in [4.69, 9.17) is 9.72 Å². The molecule has 1 aliphatic heterocycles. The van der Waals surface area contributed by atoms with Gasteiger partial charge in [-0.15, -0.1) is 0 Å². The maximum absolute atomic E-state index is 5.96. The minimum Gasteiger partial charge on any atom is -0.493 e. The predicted molar refractivity (Wildman–Crippen MR) is 94.4 cm³/mol. The lowest BCUT2D eigenvalue weighted by molar-refractivity contribution is 0.256. The molecule has 0 spiro atoms. The van der Waals surface area contributed by atoms with E-state index >= 15 is 0 Å². The van der Waals surface area contributed by atoms with E-state index in [0.717, 1.165) is 48.0 Å². The molecule has 124 valence electrons. The van der Waals surface area contributed by atoms with Crippen molar-refractivity contribution >= 4 is 11.5 Å². The highest BCUT2D eigenvalue weighted by Crippen LogP contribution is 2.27. The Morgan fingerprint density at radius 1 is 1.25 bits per heavy atom. The molecule has 6 nitrogen and oxygen atoms in total. The number of ether oxygens (including phenoxy) is 1. The number of rotatable bonds is 0. The van der Waals surface area contributed by atoms with Crippen molar-refractivity contribution < 1.29 is 4.74 Å². The van der Waals surface area contributed by atoms with Gasteiger partial charge in [0, 0.05) is 37.3 Å². The average Bonchev–Trinajstić information content (AvgIpc) is 3.02. The van der Waals surface area contributed by atoms with Crippen molar-refractivity contribution in [2.24, 2.45) is 5.92 Å². The molecule has 0 amide bonds. The molecule has 0 radical (unpaired) electrons. The van der Waals surface area contributed by atoms with Crippen LogP contribution in [0.3, 0.4) is 0 Å². The van der Waals surface area contributed by atoms with Gasteiger partial charge in [-0.3, -0.25) is 0 Å². The van der Waals surface area contributed by atoms with Gasteiger partial charge in [-0.2, -0.15) is 5.10 Å². The van der Waals surface area contributed by atoms with Crippen LogP contribution in [-0.4, -0.2) is 40.8 Å². The van der Waals surface area contributed by atoms with Gasteiger partial charge < -0.3 is 15.4 Å². The summed E-state index contributed by atoms with van der Waals surface area (Å²) in [6.07, 6.45) is 3.79. The van der Waals surface area contributed by atoms with Crippen LogP contribution in [0.25, 0.3) is 16.8 Å². The van der Waals surface area contributed by atoms with E-state index in [-0.39, 0.29) is 0 Å². The quantitative estimate of drug-likeness (QED) is 0.665. The summed E-state index contributed by atoms with van der Waals surface area (Å²) in [5.41, 5.74) is 2.91. The first-order valence-corrected chi connectivity index (χ1v) is 8.32. The Labute approximate surface area is 140 Å². The molecule has 0 fully saturated rings. The van der Waals surface area contributed by atoms with Crippen LogP contribution in [0, 0.1) is 5.92 Å². The Hall–Kier alpha value is -2.60. The molecule has 3 heterocycles. The van der Waals surface area contributed by atoms with E-state index in [1.807, 2.05) is 30.6 Å². The summed E-state index contributed by atoms with van der Waals surface area (Å²) in [6.45, 7) is 5.53. The van der Waals surface area contributed by atoms with Crippen LogP contribution in [0.5, 0.6) is 5.75 Å². The lowest BCUT2D eigenvalue weighted by Crippen LogP contribution is -2.29. The summed E-state index contributed by atoms with van der Waals surface area (Å²) in [4.78, 5) is 4.72. The van der Waals surface area contributed by atoms with Crippen molar-refractivity contribution in [3.8, 4) is 16.9 Å². The molecule has 0 saturated carbocycles. The number of nitrogens with zero attached hydrogens (tertiary/aromatic N) is 3. The summed E-state index contributed by atoms with van der Waals surface area (Å²) in [5.74, 6) is 2.19. The first-order chi connectivity index (χ1) is 11.8. The number of anilines is 1. The van der Waals surface area contributed by atoms with E-state index in [2.05, 4.69) is 34.8 Å². The minimum absolute atomic E-state index is 0.445. The molecule has 0 saturated heterocycles. The Balaban J connectivity index is 1.77. The van der Waals surface area contributed by atoms with Crippen LogP contribution >= 0.6 is 0 Å². The second-order valence-corrected chi connectivity index (χ2v) is 6.21. The van der Waals surface area contributed by atoms with Crippen LogP contribution in [0.15, 0.2) is 42.7 Å². The van der Waals surface area contributed by atoms with Crippen molar-refractivity contribution in [1.29, 1.82) is 0 Å². The Bertz CT molecular complexity index is 844. The minimum atomic E-state index is 0.445. The fourth-order valence-electron chi connectivity index (χ4n) is 2.85. The molecule has 1 aromatic carbocycles. The van der Waals surface area contributed by atoms with Crippen molar-refractivity contribution in [1.82, 2.24) is 19.9 Å². The smallest absolute Gasteiger partial charge is 0.165 e. The monoisotopic (exact) mass is 323 g/mol. The largest absolute Gasteiger partial charge is 0.493 e. The van der Waals surface area contributed by atoms with Crippen LogP contribution in [-0.2, 0) is 0 Å². The lowest BCUT2D eigenvalue weighted by Gasteiger charge is -2.14. The van der Waals surface area contributed by atoms with Crippen molar-refractivity contribution in [2.45, 2.75) is 6.92 Å². The molecule has 3 aromatic rings. The molecule has 4 rings (SSSR count). The topological polar surface area (TPSA) is 63.5 Å². The van der Waals surface area contributed by atoms with Crippen molar-refractivity contribution in [3.05, 3.63) is 42.7 Å². The van der Waals surface area contributed by atoms with Gasteiger partial charge in [0.2, 0.25) is 0 Å². The third kappa shape index (κ3) is 3.05.